The van der Waals surface area contributed by atoms with Crippen molar-refractivity contribution in [3.63, 3.8) is 0 Å². The highest BCUT2D eigenvalue weighted by Gasteiger charge is 2.31. The second-order valence-corrected chi connectivity index (χ2v) is 7.31. The van der Waals surface area contributed by atoms with Gasteiger partial charge in [-0.05, 0) is 37.8 Å². The van der Waals surface area contributed by atoms with Gasteiger partial charge in [-0.15, -0.1) is 5.10 Å². The fraction of sp³-hybridized carbons (Fsp3) is 0.556. The maximum Gasteiger partial charge on any atom is 0.151 e. The van der Waals surface area contributed by atoms with Gasteiger partial charge in [0.15, 0.2) is 5.82 Å². The van der Waals surface area contributed by atoms with Crippen molar-refractivity contribution in [3.05, 3.63) is 35.9 Å². The average molecular weight is 322 g/mol. The van der Waals surface area contributed by atoms with Gasteiger partial charge in [-0.25, -0.2) is 4.98 Å². The summed E-state index contributed by atoms with van der Waals surface area (Å²) >= 11 is 0. The van der Waals surface area contributed by atoms with Crippen LogP contribution in [0.4, 0.5) is 11.6 Å². The van der Waals surface area contributed by atoms with Gasteiger partial charge in [0.05, 0.1) is 11.4 Å². The first-order valence-electron chi connectivity index (χ1n) is 9.00. The molecule has 2 aromatic rings. The molecule has 1 aliphatic heterocycles. The van der Waals surface area contributed by atoms with Crippen molar-refractivity contribution in [1.82, 2.24) is 20.2 Å². The van der Waals surface area contributed by atoms with Crippen LogP contribution < -0.4 is 10.2 Å². The molecule has 3 aliphatic rings. The Kier molecular flexibility index (Phi) is 3.35. The molecule has 24 heavy (non-hydrogen) atoms. The minimum atomic E-state index is 0.624. The molecule has 1 saturated heterocycles. The van der Waals surface area contributed by atoms with Crippen molar-refractivity contribution in [1.29, 1.82) is 0 Å². The van der Waals surface area contributed by atoms with E-state index in [0.29, 0.717) is 17.8 Å². The predicted octanol–water partition coefficient (Wildman–Crippen LogP) is 2.57. The number of hydrogen-bond acceptors (Lipinski definition) is 6. The van der Waals surface area contributed by atoms with Gasteiger partial charge in [0.25, 0.3) is 0 Å². The molecule has 6 heteroatoms. The van der Waals surface area contributed by atoms with E-state index in [9.17, 15) is 0 Å². The molecule has 2 aliphatic carbocycles. The molecular formula is C18H22N6. The molecule has 0 amide bonds. The van der Waals surface area contributed by atoms with Crippen LogP contribution in [0.5, 0.6) is 0 Å². The fourth-order valence-electron chi connectivity index (χ4n) is 3.37. The SMILES string of the molecule is c1cnc(C2CC2)c(NCC2CN(c3ccc(C4CC4)nn3)C2)n1. The van der Waals surface area contributed by atoms with Crippen LogP contribution in [0.15, 0.2) is 24.5 Å². The maximum absolute atomic E-state index is 4.50. The van der Waals surface area contributed by atoms with E-state index in [1.54, 1.807) is 12.4 Å². The molecule has 5 rings (SSSR count). The molecular weight excluding hydrogens is 300 g/mol. The van der Waals surface area contributed by atoms with E-state index >= 15 is 0 Å². The molecule has 0 bridgehead atoms. The summed E-state index contributed by atoms with van der Waals surface area (Å²) < 4.78 is 0. The highest BCUT2D eigenvalue weighted by atomic mass is 15.3. The monoisotopic (exact) mass is 322 g/mol. The smallest absolute Gasteiger partial charge is 0.151 e. The van der Waals surface area contributed by atoms with Crippen molar-refractivity contribution in [2.24, 2.45) is 5.92 Å². The summed E-state index contributed by atoms with van der Waals surface area (Å²) in [6.07, 6.45) is 8.62. The maximum atomic E-state index is 4.50. The zero-order chi connectivity index (χ0) is 15.9. The zero-order valence-electron chi connectivity index (χ0n) is 13.7. The predicted molar refractivity (Wildman–Crippen MR) is 92.2 cm³/mol. The fourth-order valence-corrected chi connectivity index (χ4v) is 3.37. The van der Waals surface area contributed by atoms with E-state index in [0.717, 1.165) is 42.7 Å². The number of nitrogens with zero attached hydrogens (tertiary/aromatic N) is 5. The molecule has 124 valence electrons. The van der Waals surface area contributed by atoms with Crippen LogP contribution in [-0.4, -0.2) is 39.8 Å². The molecule has 0 spiro atoms. The third-order valence-corrected chi connectivity index (χ3v) is 5.20. The van der Waals surface area contributed by atoms with Gasteiger partial charge in [0, 0.05) is 49.8 Å². The third kappa shape index (κ3) is 2.81. The molecule has 0 unspecified atom stereocenters. The van der Waals surface area contributed by atoms with Crippen LogP contribution in [-0.2, 0) is 0 Å². The van der Waals surface area contributed by atoms with E-state index in [-0.39, 0.29) is 0 Å². The van der Waals surface area contributed by atoms with Crippen LogP contribution in [0.1, 0.15) is 48.9 Å². The van der Waals surface area contributed by atoms with Gasteiger partial charge in [0.1, 0.15) is 5.82 Å². The van der Waals surface area contributed by atoms with E-state index in [1.807, 2.05) is 0 Å². The Labute approximate surface area is 141 Å². The molecule has 2 aromatic heterocycles. The first-order chi connectivity index (χ1) is 11.9. The van der Waals surface area contributed by atoms with E-state index in [2.05, 4.69) is 42.5 Å². The Morgan fingerprint density at radius 1 is 0.958 bits per heavy atom. The van der Waals surface area contributed by atoms with Crippen LogP contribution in [0.3, 0.4) is 0 Å². The lowest BCUT2D eigenvalue weighted by molar-refractivity contribution is 0.425. The molecule has 0 radical (unpaired) electrons. The molecule has 2 saturated carbocycles. The van der Waals surface area contributed by atoms with Gasteiger partial charge in [-0.1, -0.05) is 0 Å². The minimum Gasteiger partial charge on any atom is -0.368 e. The average Bonchev–Trinajstić information content (AvgIpc) is 3.48. The molecule has 6 nitrogen and oxygen atoms in total. The van der Waals surface area contributed by atoms with Crippen LogP contribution in [0.2, 0.25) is 0 Å². The van der Waals surface area contributed by atoms with Gasteiger partial charge >= 0.3 is 0 Å². The summed E-state index contributed by atoms with van der Waals surface area (Å²) in [4.78, 5) is 11.3. The number of aromatic nitrogens is 4. The Morgan fingerprint density at radius 3 is 2.46 bits per heavy atom. The third-order valence-electron chi connectivity index (χ3n) is 5.20. The van der Waals surface area contributed by atoms with Crippen LogP contribution in [0, 0.1) is 5.92 Å². The highest BCUT2D eigenvalue weighted by molar-refractivity contribution is 5.45. The quantitative estimate of drug-likeness (QED) is 0.882. The number of anilines is 2. The van der Waals surface area contributed by atoms with E-state index in [4.69, 9.17) is 0 Å². The molecule has 3 heterocycles. The summed E-state index contributed by atoms with van der Waals surface area (Å²) in [5.41, 5.74) is 2.31. The first kappa shape index (κ1) is 14.1. The molecule has 3 fully saturated rings. The second-order valence-electron chi connectivity index (χ2n) is 7.31. The van der Waals surface area contributed by atoms with E-state index in [1.165, 1.54) is 25.7 Å². The standard InChI is InChI=1S/C18H22N6/c1-2-13(1)15-5-6-16(23-22-15)24-10-12(11-24)9-21-18-17(14-3-4-14)19-7-8-20-18/h5-8,12-14H,1-4,9-11H2,(H,20,21). The topological polar surface area (TPSA) is 66.8 Å². The number of rotatable bonds is 6. The Bertz CT molecular complexity index is 717. The van der Waals surface area contributed by atoms with Crippen molar-refractivity contribution in [2.45, 2.75) is 37.5 Å². The molecule has 0 aromatic carbocycles. The van der Waals surface area contributed by atoms with Crippen LogP contribution in [0.25, 0.3) is 0 Å². The van der Waals surface area contributed by atoms with Crippen LogP contribution >= 0.6 is 0 Å². The molecule has 1 N–H and O–H groups in total. The van der Waals surface area contributed by atoms with Crippen molar-refractivity contribution >= 4 is 11.6 Å². The summed E-state index contributed by atoms with van der Waals surface area (Å²) in [6.45, 7) is 3.01. The van der Waals surface area contributed by atoms with Gasteiger partial charge < -0.3 is 10.2 Å². The van der Waals surface area contributed by atoms with E-state index < -0.39 is 0 Å². The van der Waals surface area contributed by atoms with Crippen molar-refractivity contribution in [2.75, 3.05) is 29.9 Å². The van der Waals surface area contributed by atoms with Gasteiger partial charge in [0.2, 0.25) is 0 Å². The summed E-state index contributed by atoms with van der Waals surface area (Å²) in [6, 6.07) is 4.27. The lowest BCUT2D eigenvalue weighted by Crippen LogP contribution is -2.50. The number of hydrogen-bond donors (Lipinski definition) is 1. The number of nitrogens with one attached hydrogen (secondary N) is 1. The highest BCUT2D eigenvalue weighted by Crippen LogP contribution is 2.41. The van der Waals surface area contributed by atoms with Gasteiger partial charge in [-0.2, -0.15) is 5.10 Å². The minimum absolute atomic E-state index is 0.624. The zero-order valence-corrected chi connectivity index (χ0v) is 13.7. The Hall–Kier alpha value is -2.24. The Morgan fingerprint density at radius 2 is 1.75 bits per heavy atom. The molecule has 0 atom stereocenters. The van der Waals surface area contributed by atoms with Gasteiger partial charge in [-0.3, -0.25) is 4.98 Å². The summed E-state index contributed by atoms with van der Waals surface area (Å²) in [5, 5.41) is 12.3. The Balaban J connectivity index is 1.14. The summed E-state index contributed by atoms with van der Waals surface area (Å²) in [5.74, 6) is 3.91. The van der Waals surface area contributed by atoms with Crippen molar-refractivity contribution < 1.29 is 0 Å². The normalized spacial score (nSPS) is 20.8. The largest absolute Gasteiger partial charge is 0.368 e. The lowest BCUT2D eigenvalue weighted by Gasteiger charge is -2.40. The lowest BCUT2D eigenvalue weighted by atomic mass is 10.00. The van der Waals surface area contributed by atoms with Crippen molar-refractivity contribution in [3.8, 4) is 0 Å². The second kappa shape index (κ2) is 5.69. The first-order valence-corrected chi connectivity index (χ1v) is 9.00. The summed E-state index contributed by atoms with van der Waals surface area (Å²) in [7, 11) is 0.